The summed E-state index contributed by atoms with van der Waals surface area (Å²) in [6, 6.07) is 10.0. The molecule has 0 saturated heterocycles. The molecular formula is C13H11F2NO4S. The average molecular weight is 315 g/mol. The maximum atomic E-state index is 12.0. The van der Waals surface area contributed by atoms with E-state index in [0.717, 1.165) is 0 Å². The van der Waals surface area contributed by atoms with Crippen LogP contribution in [-0.2, 0) is 10.0 Å². The van der Waals surface area contributed by atoms with Gasteiger partial charge in [0.1, 0.15) is 11.5 Å². The molecule has 0 unspecified atom stereocenters. The fourth-order valence-corrected chi connectivity index (χ4v) is 2.60. The second-order valence-electron chi connectivity index (χ2n) is 4.00. The fraction of sp³-hybridized carbons (Fsp3) is 0.0769. The van der Waals surface area contributed by atoms with Crippen molar-refractivity contribution in [1.29, 1.82) is 0 Å². The largest absolute Gasteiger partial charge is 0.508 e. The van der Waals surface area contributed by atoms with Gasteiger partial charge in [-0.1, -0.05) is 0 Å². The Kier molecular flexibility index (Phi) is 4.27. The van der Waals surface area contributed by atoms with Crippen LogP contribution < -0.4 is 9.46 Å². The molecule has 0 saturated carbocycles. The van der Waals surface area contributed by atoms with E-state index < -0.39 is 16.6 Å². The number of phenolic OH excluding ortho intramolecular Hbond substituents is 1. The summed E-state index contributed by atoms with van der Waals surface area (Å²) >= 11 is 0. The van der Waals surface area contributed by atoms with E-state index >= 15 is 0 Å². The van der Waals surface area contributed by atoms with Gasteiger partial charge in [-0.05, 0) is 48.5 Å². The monoisotopic (exact) mass is 315 g/mol. The Morgan fingerprint density at radius 1 is 1.00 bits per heavy atom. The van der Waals surface area contributed by atoms with Crippen molar-refractivity contribution in [3.63, 3.8) is 0 Å². The van der Waals surface area contributed by atoms with Crippen LogP contribution in [0.4, 0.5) is 14.5 Å². The number of ether oxygens (including phenoxy) is 1. The van der Waals surface area contributed by atoms with E-state index in [1.165, 1.54) is 48.5 Å². The van der Waals surface area contributed by atoms with Crippen LogP contribution in [0.1, 0.15) is 0 Å². The topological polar surface area (TPSA) is 75.6 Å². The van der Waals surface area contributed by atoms with Gasteiger partial charge in [-0.25, -0.2) is 8.42 Å². The Hall–Kier alpha value is -2.35. The molecular weight excluding hydrogens is 304 g/mol. The summed E-state index contributed by atoms with van der Waals surface area (Å²) in [6.07, 6.45) is 0. The highest BCUT2D eigenvalue weighted by Gasteiger charge is 2.14. The summed E-state index contributed by atoms with van der Waals surface area (Å²) < 4.78 is 54.5. The third-order valence-electron chi connectivity index (χ3n) is 2.48. The van der Waals surface area contributed by atoms with Gasteiger partial charge < -0.3 is 9.84 Å². The van der Waals surface area contributed by atoms with Gasteiger partial charge in [0.2, 0.25) is 0 Å². The van der Waals surface area contributed by atoms with Gasteiger partial charge in [0.25, 0.3) is 10.0 Å². The fourth-order valence-electron chi connectivity index (χ4n) is 1.54. The van der Waals surface area contributed by atoms with Crippen LogP contribution >= 0.6 is 0 Å². The first kappa shape index (κ1) is 15.0. The van der Waals surface area contributed by atoms with Crippen molar-refractivity contribution < 1.29 is 27.0 Å². The molecule has 0 aliphatic rings. The zero-order valence-corrected chi connectivity index (χ0v) is 11.3. The summed E-state index contributed by atoms with van der Waals surface area (Å²) in [5.74, 6) is -0.125. The number of rotatable bonds is 5. The van der Waals surface area contributed by atoms with Crippen molar-refractivity contribution in [3.8, 4) is 11.5 Å². The Morgan fingerprint density at radius 2 is 1.57 bits per heavy atom. The predicted molar refractivity (Wildman–Crippen MR) is 72.0 cm³/mol. The average Bonchev–Trinajstić information content (AvgIpc) is 2.40. The Bertz CT molecular complexity index is 700. The van der Waals surface area contributed by atoms with Crippen LogP contribution in [-0.4, -0.2) is 20.1 Å². The van der Waals surface area contributed by atoms with E-state index in [-0.39, 0.29) is 22.1 Å². The molecule has 0 atom stereocenters. The van der Waals surface area contributed by atoms with Crippen molar-refractivity contribution in [1.82, 2.24) is 0 Å². The maximum Gasteiger partial charge on any atom is 0.387 e. The van der Waals surface area contributed by atoms with Crippen molar-refractivity contribution in [2.24, 2.45) is 0 Å². The zero-order valence-electron chi connectivity index (χ0n) is 10.5. The van der Waals surface area contributed by atoms with E-state index in [1.807, 2.05) is 0 Å². The molecule has 0 bridgehead atoms. The number of phenols is 1. The van der Waals surface area contributed by atoms with Gasteiger partial charge in [0.15, 0.2) is 0 Å². The zero-order chi connectivity index (χ0) is 15.5. The van der Waals surface area contributed by atoms with Gasteiger partial charge in [-0.15, -0.1) is 0 Å². The minimum absolute atomic E-state index is 0.0341. The molecule has 0 aliphatic carbocycles. The van der Waals surface area contributed by atoms with Crippen LogP contribution in [0.15, 0.2) is 53.4 Å². The molecule has 112 valence electrons. The molecule has 5 nitrogen and oxygen atoms in total. The van der Waals surface area contributed by atoms with Gasteiger partial charge in [0.05, 0.1) is 4.90 Å². The number of alkyl halides is 2. The number of hydrogen-bond donors (Lipinski definition) is 2. The van der Waals surface area contributed by atoms with Crippen LogP contribution in [0.2, 0.25) is 0 Å². The van der Waals surface area contributed by atoms with E-state index in [4.69, 9.17) is 5.11 Å². The van der Waals surface area contributed by atoms with Gasteiger partial charge in [-0.3, -0.25) is 4.72 Å². The van der Waals surface area contributed by atoms with Crippen LogP contribution in [0.5, 0.6) is 11.5 Å². The third kappa shape index (κ3) is 4.06. The number of anilines is 1. The molecule has 21 heavy (non-hydrogen) atoms. The summed E-state index contributed by atoms with van der Waals surface area (Å²) in [7, 11) is -3.82. The summed E-state index contributed by atoms with van der Waals surface area (Å²) in [5.41, 5.74) is 0.199. The highest BCUT2D eigenvalue weighted by Crippen LogP contribution is 2.21. The van der Waals surface area contributed by atoms with Gasteiger partial charge >= 0.3 is 6.61 Å². The van der Waals surface area contributed by atoms with E-state index in [0.29, 0.717) is 0 Å². The highest BCUT2D eigenvalue weighted by molar-refractivity contribution is 7.92. The smallest absolute Gasteiger partial charge is 0.387 e. The second-order valence-corrected chi connectivity index (χ2v) is 5.68. The van der Waals surface area contributed by atoms with E-state index in [2.05, 4.69) is 9.46 Å². The molecule has 2 rings (SSSR count). The first-order chi connectivity index (χ1) is 9.87. The Balaban J connectivity index is 2.15. The SMILES string of the molecule is O=S(=O)(Nc1ccc(OC(F)F)cc1)c1ccc(O)cc1. The second kappa shape index (κ2) is 5.96. The van der Waals surface area contributed by atoms with Crippen molar-refractivity contribution in [2.75, 3.05) is 4.72 Å². The molecule has 0 heterocycles. The first-order valence-corrected chi connectivity index (χ1v) is 7.22. The van der Waals surface area contributed by atoms with Crippen LogP contribution in [0.3, 0.4) is 0 Å². The lowest BCUT2D eigenvalue weighted by molar-refractivity contribution is -0.0498. The molecule has 0 fully saturated rings. The molecule has 0 aliphatic heterocycles. The lowest BCUT2D eigenvalue weighted by Gasteiger charge is -2.09. The Labute approximate surface area is 119 Å². The molecule has 0 amide bonds. The summed E-state index contributed by atoms with van der Waals surface area (Å²) in [6.45, 7) is -2.94. The molecule has 2 aromatic rings. The first-order valence-electron chi connectivity index (χ1n) is 5.73. The maximum absolute atomic E-state index is 12.0. The van der Waals surface area contributed by atoms with E-state index in [9.17, 15) is 17.2 Å². The lowest BCUT2D eigenvalue weighted by Crippen LogP contribution is -2.12. The number of nitrogens with one attached hydrogen (secondary N) is 1. The highest BCUT2D eigenvalue weighted by atomic mass is 32.2. The van der Waals surface area contributed by atoms with Crippen molar-refractivity contribution in [2.45, 2.75) is 11.5 Å². The molecule has 0 radical (unpaired) electrons. The number of sulfonamides is 1. The van der Waals surface area contributed by atoms with E-state index in [1.54, 1.807) is 0 Å². The predicted octanol–water partition coefficient (Wildman–Crippen LogP) is 2.79. The number of hydrogen-bond acceptors (Lipinski definition) is 4. The Morgan fingerprint density at radius 3 is 2.10 bits per heavy atom. The van der Waals surface area contributed by atoms with Gasteiger partial charge in [0, 0.05) is 5.69 Å². The molecule has 8 heteroatoms. The normalized spacial score (nSPS) is 11.4. The number of aromatic hydroxyl groups is 1. The lowest BCUT2D eigenvalue weighted by atomic mass is 10.3. The number of halogens is 2. The minimum Gasteiger partial charge on any atom is -0.508 e. The van der Waals surface area contributed by atoms with Gasteiger partial charge in [-0.2, -0.15) is 8.78 Å². The molecule has 2 N–H and O–H groups in total. The number of benzene rings is 2. The molecule has 0 spiro atoms. The summed E-state index contributed by atoms with van der Waals surface area (Å²) in [4.78, 5) is -0.0341. The quantitative estimate of drug-likeness (QED) is 0.889. The summed E-state index contributed by atoms with van der Waals surface area (Å²) in [5, 5.41) is 9.12. The molecule has 0 aromatic heterocycles. The molecule has 2 aromatic carbocycles. The van der Waals surface area contributed by atoms with Crippen LogP contribution in [0, 0.1) is 0 Å². The van der Waals surface area contributed by atoms with Crippen molar-refractivity contribution >= 4 is 15.7 Å². The standard InChI is InChI=1S/C13H11F2NO4S/c14-13(15)20-11-5-1-9(2-6-11)16-21(18,19)12-7-3-10(17)4-8-12/h1-8,13,16-17H. The van der Waals surface area contributed by atoms with Crippen LogP contribution in [0.25, 0.3) is 0 Å². The third-order valence-corrected chi connectivity index (χ3v) is 3.88. The minimum atomic E-state index is -3.82. The van der Waals surface area contributed by atoms with Crippen molar-refractivity contribution in [3.05, 3.63) is 48.5 Å².